The van der Waals surface area contributed by atoms with Gasteiger partial charge in [-0.3, -0.25) is 10.1 Å². The van der Waals surface area contributed by atoms with Gasteiger partial charge in [0.05, 0.1) is 4.92 Å². The van der Waals surface area contributed by atoms with Crippen molar-refractivity contribution < 1.29 is 19.2 Å². The molecule has 1 aromatic carbocycles. The Hall–Kier alpha value is -2.74. The Bertz CT molecular complexity index is 710. The Morgan fingerprint density at radius 1 is 1.40 bits per heavy atom. The van der Waals surface area contributed by atoms with Crippen LogP contribution < -0.4 is 0 Å². The Labute approximate surface area is 116 Å². The number of aliphatic carboxylic acids is 1. The van der Waals surface area contributed by atoms with Gasteiger partial charge in [-0.2, -0.15) is 0 Å². The first kappa shape index (κ1) is 13.7. The molecule has 102 valence electrons. The van der Waals surface area contributed by atoms with E-state index >= 15 is 0 Å². The molecule has 0 unspecified atom stereocenters. The van der Waals surface area contributed by atoms with Crippen LogP contribution in [0.25, 0.3) is 17.5 Å². The number of carboxylic acids is 1. The first-order valence-corrected chi connectivity index (χ1v) is 5.53. The number of aromatic nitrogens is 2. The van der Waals surface area contributed by atoms with Crippen LogP contribution in [0.4, 0.5) is 5.69 Å². The van der Waals surface area contributed by atoms with Gasteiger partial charge in [-0.25, -0.2) is 4.79 Å². The number of benzene rings is 1. The van der Waals surface area contributed by atoms with Gasteiger partial charge in [0, 0.05) is 34.9 Å². The minimum absolute atomic E-state index is 0.000591. The van der Waals surface area contributed by atoms with Crippen LogP contribution in [0.1, 0.15) is 5.89 Å². The van der Waals surface area contributed by atoms with Crippen LogP contribution in [0.3, 0.4) is 0 Å². The van der Waals surface area contributed by atoms with Crippen molar-refractivity contribution in [1.82, 2.24) is 10.2 Å². The van der Waals surface area contributed by atoms with Crippen LogP contribution in [0.15, 0.2) is 28.7 Å². The summed E-state index contributed by atoms with van der Waals surface area (Å²) in [5, 5.41) is 26.6. The van der Waals surface area contributed by atoms with Crippen LogP contribution in [0.2, 0.25) is 5.02 Å². The molecule has 1 N–H and O–H groups in total. The predicted molar refractivity (Wildman–Crippen MR) is 68.1 cm³/mol. The lowest BCUT2D eigenvalue weighted by Crippen LogP contribution is -1.89. The van der Waals surface area contributed by atoms with E-state index in [1.165, 1.54) is 18.2 Å². The van der Waals surface area contributed by atoms with Gasteiger partial charge in [-0.15, -0.1) is 10.2 Å². The summed E-state index contributed by atoms with van der Waals surface area (Å²) in [6, 6.07) is 3.84. The molecule has 0 bridgehead atoms. The van der Waals surface area contributed by atoms with Crippen molar-refractivity contribution in [1.29, 1.82) is 0 Å². The van der Waals surface area contributed by atoms with E-state index in [0.717, 1.165) is 12.2 Å². The molecule has 1 heterocycles. The molecule has 0 saturated carbocycles. The van der Waals surface area contributed by atoms with Crippen LogP contribution in [0.5, 0.6) is 0 Å². The van der Waals surface area contributed by atoms with Gasteiger partial charge in [0.25, 0.3) is 5.69 Å². The molecule has 0 spiro atoms. The molecule has 0 atom stereocenters. The lowest BCUT2D eigenvalue weighted by atomic mass is 10.2. The summed E-state index contributed by atoms with van der Waals surface area (Å²) in [6.07, 6.45) is 1.94. The lowest BCUT2D eigenvalue weighted by molar-refractivity contribution is -0.384. The van der Waals surface area contributed by atoms with Crippen LogP contribution in [-0.4, -0.2) is 26.2 Å². The number of hydrogen-bond acceptors (Lipinski definition) is 6. The van der Waals surface area contributed by atoms with E-state index in [-0.39, 0.29) is 28.1 Å². The molecule has 0 fully saturated rings. The molecule has 0 amide bonds. The number of carbonyl (C=O) groups is 1. The SMILES string of the molecule is O=C(O)/C=C/c1nnc(-c2cc(Cl)cc([N+](=O)[O-])c2)o1. The number of nitrogens with zero attached hydrogens (tertiary/aromatic N) is 3. The van der Waals surface area contributed by atoms with E-state index in [1.54, 1.807) is 0 Å². The maximum atomic E-state index is 10.7. The fourth-order valence-corrected chi connectivity index (χ4v) is 1.59. The van der Waals surface area contributed by atoms with Crippen molar-refractivity contribution in [2.45, 2.75) is 0 Å². The summed E-state index contributed by atoms with van der Waals surface area (Å²) < 4.78 is 5.16. The van der Waals surface area contributed by atoms with Gasteiger partial charge in [-0.1, -0.05) is 11.6 Å². The fourth-order valence-electron chi connectivity index (χ4n) is 1.36. The standard InChI is InChI=1S/C11H6ClN3O5/c12-7-3-6(4-8(5-7)15(18)19)11-14-13-9(20-11)1-2-10(16)17/h1-5H,(H,16,17)/b2-1+. The van der Waals surface area contributed by atoms with Gasteiger partial charge in [0.15, 0.2) is 0 Å². The molecule has 1 aromatic heterocycles. The second-order valence-corrected chi connectivity index (χ2v) is 4.01. The highest BCUT2D eigenvalue weighted by Crippen LogP contribution is 2.27. The topological polar surface area (TPSA) is 119 Å². The average molecular weight is 296 g/mol. The first-order chi connectivity index (χ1) is 9.45. The molecule has 8 nitrogen and oxygen atoms in total. The lowest BCUT2D eigenvalue weighted by Gasteiger charge is -1.97. The van der Waals surface area contributed by atoms with E-state index in [4.69, 9.17) is 21.1 Å². The molecule has 0 aliphatic rings. The average Bonchev–Trinajstić information content (AvgIpc) is 2.84. The highest BCUT2D eigenvalue weighted by atomic mass is 35.5. The summed E-state index contributed by atoms with van der Waals surface area (Å²) in [4.78, 5) is 20.5. The zero-order valence-electron chi connectivity index (χ0n) is 9.69. The third-order valence-corrected chi connectivity index (χ3v) is 2.37. The summed E-state index contributed by atoms with van der Waals surface area (Å²) >= 11 is 5.77. The predicted octanol–water partition coefficient (Wildman–Crippen LogP) is 2.40. The molecule has 0 aliphatic carbocycles. The van der Waals surface area contributed by atoms with E-state index in [1.807, 2.05) is 0 Å². The number of rotatable bonds is 4. The first-order valence-electron chi connectivity index (χ1n) is 5.15. The monoisotopic (exact) mass is 295 g/mol. The highest BCUT2D eigenvalue weighted by Gasteiger charge is 2.14. The zero-order valence-corrected chi connectivity index (χ0v) is 10.4. The number of carboxylic acid groups (broad SMARTS) is 1. The molecule has 20 heavy (non-hydrogen) atoms. The number of hydrogen-bond donors (Lipinski definition) is 1. The Morgan fingerprint density at radius 2 is 2.15 bits per heavy atom. The van der Waals surface area contributed by atoms with Crippen LogP contribution >= 0.6 is 11.6 Å². The highest BCUT2D eigenvalue weighted by molar-refractivity contribution is 6.31. The molecule has 2 rings (SSSR count). The Balaban J connectivity index is 2.37. The quantitative estimate of drug-likeness (QED) is 0.522. The fraction of sp³-hybridized carbons (Fsp3) is 0. The third-order valence-electron chi connectivity index (χ3n) is 2.15. The summed E-state index contributed by atoms with van der Waals surface area (Å²) in [5.74, 6) is -1.20. The molecule has 2 aromatic rings. The summed E-state index contributed by atoms with van der Waals surface area (Å²) in [5.41, 5.74) is 0.0556. The Kier molecular flexibility index (Phi) is 3.76. The largest absolute Gasteiger partial charge is 0.478 e. The number of nitro benzene ring substituents is 1. The molecule has 0 saturated heterocycles. The summed E-state index contributed by atoms with van der Waals surface area (Å²) in [6.45, 7) is 0. The second kappa shape index (κ2) is 5.49. The minimum atomic E-state index is -1.16. The summed E-state index contributed by atoms with van der Waals surface area (Å²) in [7, 11) is 0. The number of nitro groups is 1. The minimum Gasteiger partial charge on any atom is -0.478 e. The van der Waals surface area contributed by atoms with Crippen molar-refractivity contribution in [3.8, 4) is 11.5 Å². The Morgan fingerprint density at radius 3 is 2.80 bits per heavy atom. The smallest absolute Gasteiger partial charge is 0.328 e. The third kappa shape index (κ3) is 3.18. The number of non-ortho nitro benzene ring substituents is 1. The van der Waals surface area contributed by atoms with Gasteiger partial charge in [0.1, 0.15) is 0 Å². The van der Waals surface area contributed by atoms with Gasteiger partial charge >= 0.3 is 5.97 Å². The van der Waals surface area contributed by atoms with E-state index in [2.05, 4.69) is 10.2 Å². The van der Waals surface area contributed by atoms with Crippen molar-refractivity contribution >= 4 is 29.3 Å². The maximum absolute atomic E-state index is 10.7. The van der Waals surface area contributed by atoms with E-state index < -0.39 is 10.9 Å². The van der Waals surface area contributed by atoms with Crippen molar-refractivity contribution in [2.24, 2.45) is 0 Å². The molecular weight excluding hydrogens is 290 g/mol. The molecular formula is C11H6ClN3O5. The van der Waals surface area contributed by atoms with E-state index in [0.29, 0.717) is 0 Å². The zero-order chi connectivity index (χ0) is 14.7. The van der Waals surface area contributed by atoms with E-state index in [9.17, 15) is 14.9 Å². The molecule has 0 aliphatic heterocycles. The molecule has 9 heteroatoms. The van der Waals surface area contributed by atoms with Gasteiger partial charge in [0.2, 0.25) is 11.8 Å². The van der Waals surface area contributed by atoms with Gasteiger partial charge in [-0.05, 0) is 6.07 Å². The second-order valence-electron chi connectivity index (χ2n) is 3.57. The number of halogens is 1. The maximum Gasteiger partial charge on any atom is 0.328 e. The van der Waals surface area contributed by atoms with Crippen LogP contribution in [0, 0.1) is 10.1 Å². The van der Waals surface area contributed by atoms with Crippen LogP contribution in [-0.2, 0) is 4.79 Å². The van der Waals surface area contributed by atoms with Gasteiger partial charge < -0.3 is 9.52 Å². The normalized spacial score (nSPS) is 10.8. The van der Waals surface area contributed by atoms with Crippen molar-refractivity contribution in [2.75, 3.05) is 0 Å². The van der Waals surface area contributed by atoms with Crippen molar-refractivity contribution in [3.05, 3.63) is 45.3 Å². The molecule has 0 radical (unpaired) electrons. The van der Waals surface area contributed by atoms with Crippen molar-refractivity contribution in [3.63, 3.8) is 0 Å².